The molecule has 1 N–H and O–H groups in total. The summed E-state index contributed by atoms with van der Waals surface area (Å²) in [6.07, 6.45) is 6.90. The molecule has 0 aliphatic carbocycles. The van der Waals surface area contributed by atoms with Gasteiger partial charge in [0.2, 0.25) is 0 Å². The van der Waals surface area contributed by atoms with Crippen LogP contribution in [0.4, 0.5) is 0 Å². The highest BCUT2D eigenvalue weighted by atomic mass is 32.2. The third-order valence-corrected chi connectivity index (χ3v) is 4.01. The number of ketones is 1. The van der Waals surface area contributed by atoms with Gasteiger partial charge in [-0.1, -0.05) is 47.5 Å². The molecule has 0 unspecified atom stereocenters. The van der Waals surface area contributed by atoms with Gasteiger partial charge in [0, 0.05) is 5.56 Å². The molecule has 0 atom stereocenters. The molecular formula is C16H16N2O2S. The minimum atomic E-state index is -0.124. The molecule has 5 heteroatoms. The Morgan fingerprint density at radius 1 is 1.43 bits per heavy atom. The van der Waals surface area contributed by atoms with Crippen molar-refractivity contribution in [1.29, 1.82) is 0 Å². The van der Waals surface area contributed by atoms with Gasteiger partial charge in [0.25, 0.3) is 0 Å². The normalized spacial score (nSPS) is 10.3. The van der Waals surface area contributed by atoms with Crippen LogP contribution in [0.1, 0.15) is 21.6 Å². The van der Waals surface area contributed by atoms with Crippen LogP contribution in [0.5, 0.6) is 0 Å². The second kappa shape index (κ2) is 7.11. The van der Waals surface area contributed by atoms with Crippen LogP contribution in [-0.2, 0) is 13.2 Å². The van der Waals surface area contributed by atoms with Crippen molar-refractivity contribution in [2.24, 2.45) is 0 Å². The van der Waals surface area contributed by atoms with Gasteiger partial charge < -0.3 is 9.67 Å². The largest absolute Gasteiger partial charge is 0.390 e. The van der Waals surface area contributed by atoms with Crippen molar-refractivity contribution in [2.75, 3.05) is 5.75 Å². The SMILES string of the molecule is C#CCn1c(CO)cnc1SCC(=O)c1ccc(C)cc1. The van der Waals surface area contributed by atoms with Crippen molar-refractivity contribution in [3.05, 3.63) is 47.3 Å². The Morgan fingerprint density at radius 3 is 2.76 bits per heavy atom. The molecule has 1 heterocycles. The van der Waals surface area contributed by atoms with Crippen LogP contribution in [0.25, 0.3) is 0 Å². The molecule has 0 amide bonds. The standard InChI is InChI=1S/C16H16N2O2S/c1-3-8-18-14(10-19)9-17-16(18)21-11-15(20)13-6-4-12(2)5-7-13/h1,4-7,9,19H,8,10-11H2,2H3. The van der Waals surface area contributed by atoms with Gasteiger partial charge in [-0.3, -0.25) is 4.79 Å². The number of benzene rings is 1. The van der Waals surface area contributed by atoms with E-state index >= 15 is 0 Å². The van der Waals surface area contributed by atoms with Crippen LogP contribution in [0.15, 0.2) is 35.6 Å². The fourth-order valence-corrected chi connectivity index (χ4v) is 2.74. The highest BCUT2D eigenvalue weighted by Gasteiger charge is 2.12. The highest BCUT2D eigenvalue weighted by Crippen LogP contribution is 2.20. The predicted molar refractivity (Wildman–Crippen MR) is 83.2 cm³/mol. The topological polar surface area (TPSA) is 55.1 Å². The van der Waals surface area contributed by atoms with Gasteiger partial charge in [-0.25, -0.2) is 4.98 Å². The van der Waals surface area contributed by atoms with Crippen LogP contribution in [-0.4, -0.2) is 26.2 Å². The van der Waals surface area contributed by atoms with Crippen molar-refractivity contribution in [3.8, 4) is 12.3 Å². The molecule has 0 bridgehead atoms. The number of hydrogen-bond donors (Lipinski definition) is 1. The second-order valence-electron chi connectivity index (χ2n) is 4.56. The van der Waals surface area contributed by atoms with E-state index in [0.717, 1.165) is 5.56 Å². The number of aryl methyl sites for hydroxylation is 1. The van der Waals surface area contributed by atoms with E-state index in [4.69, 9.17) is 6.42 Å². The molecule has 0 fully saturated rings. The molecule has 1 aromatic heterocycles. The van der Waals surface area contributed by atoms with Gasteiger partial charge in [0.1, 0.15) is 0 Å². The summed E-state index contributed by atoms with van der Waals surface area (Å²) in [5.41, 5.74) is 2.46. The molecule has 21 heavy (non-hydrogen) atoms. The average Bonchev–Trinajstić information content (AvgIpc) is 2.88. The van der Waals surface area contributed by atoms with Gasteiger partial charge in [0.15, 0.2) is 10.9 Å². The van der Waals surface area contributed by atoms with Gasteiger partial charge >= 0.3 is 0 Å². The van der Waals surface area contributed by atoms with Crippen LogP contribution in [0, 0.1) is 19.3 Å². The van der Waals surface area contributed by atoms with Gasteiger partial charge in [-0.05, 0) is 6.92 Å². The van der Waals surface area contributed by atoms with Crippen molar-refractivity contribution < 1.29 is 9.90 Å². The Hall–Kier alpha value is -2.03. The maximum Gasteiger partial charge on any atom is 0.173 e. The van der Waals surface area contributed by atoms with E-state index < -0.39 is 0 Å². The molecule has 4 nitrogen and oxygen atoms in total. The number of hydrogen-bond acceptors (Lipinski definition) is 4. The molecule has 2 aromatic rings. The zero-order valence-corrected chi connectivity index (χ0v) is 12.6. The summed E-state index contributed by atoms with van der Waals surface area (Å²) in [5.74, 6) is 2.85. The molecule has 0 aliphatic heterocycles. The van der Waals surface area contributed by atoms with Crippen molar-refractivity contribution in [1.82, 2.24) is 9.55 Å². The molecule has 0 spiro atoms. The minimum absolute atomic E-state index is 0.0424. The smallest absolute Gasteiger partial charge is 0.173 e. The van der Waals surface area contributed by atoms with Crippen LogP contribution < -0.4 is 0 Å². The lowest BCUT2D eigenvalue weighted by molar-refractivity contribution is 0.102. The predicted octanol–water partition coefficient (Wildman–Crippen LogP) is 2.29. The summed E-state index contributed by atoms with van der Waals surface area (Å²) in [6.45, 7) is 2.19. The zero-order valence-electron chi connectivity index (χ0n) is 11.7. The quantitative estimate of drug-likeness (QED) is 0.505. The minimum Gasteiger partial charge on any atom is -0.390 e. The Morgan fingerprint density at radius 2 is 2.14 bits per heavy atom. The molecule has 0 saturated heterocycles. The number of aromatic nitrogens is 2. The van der Waals surface area contributed by atoms with Crippen LogP contribution in [0.3, 0.4) is 0 Å². The number of aliphatic hydroxyl groups excluding tert-OH is 1. The van der Waals surface area contributed by atoms with E-state index in [-0.39, 0.29) is 18.1 Å². The number of rotatable bonds is 6. The van der Waals surface area contributed by atoms with Gasteiger partial charge in [0.05, 0.1) is 30.8 Å². The number of thioether (sulfide) groups is 1. The first-order valence-electron chi connectivity index (χ1n) is 6.47. The summed E-state index contributed by atoms with van der Waals surface area (Å²) >= 11 is 1.33. The van der Waals surface area contributed by atoms with E-state index in [2.05, 4.69) is 10.9 Å². The third kappa shape index (κ3) is 3.75. The molecule has 0 radical (unpaired) electrons. The van der Waals surface area contributed by atoms with Gasteiger partial charge in [-0.15, -0.1) is 6.42 Å². The Labute approximate surface area is 128 Å². The summed E-state index contributed by atoms with van der Waals surface area (Å²) < 4.78 is 1.74. The van der Waals surface area contributed by atoms with Gasteiger partial charge in [-0.2, -0.15) is 0 Å². The lowest BCUT2D eigenvalue weighted by Crippen LogP contribution is -2.06. The first kappa shape index (κ1) is 15.4. The first-order valence-corrected chi connectivity index (χ1v) is 7.45. The van der Waals surface area contributed by atoms with Crippen LogP contribution >= 0.6 is 11.8 Å². The van der Waals surface area contributed by atoms with Crippen molar-refractivity contribution in [2.45, 2.75) is 25.2 Å². The van der Waals surface area contributed by atoms with Crippen LogP contribution in [0.2, 0.25) is 0 Å². The Balaban J connectivity index is 2.06. The average molecular weight is 300 g/mol. The maximum atomic E-state index is 12.1. The monoisotopic (exact) mass is 300 g/mol. The van der Waals surface area contributed by atoms with Crippen molar-refractivity contribution in [3.63, 3.8) is 0 Å². The molecule has 108 valence electrons. The zero-order chi connectivity index (χ0) is 15.2. The highest BCUT2D eigenvalue weighted by molar-refractivity contribution is 7.99. The number of aliphatic hydroxyl groups is 1. The lowest BCUT2D eigenvalue weighted by Gasteiger charge is -2.06. The maximum absolute atomic E-state index is 12.1. The molecule has 0 saturated carbocycles. The van der Waals surface area contributed by atoms with E-state index in [0.29, 0.717) is 23.0 Å². The van der Waals surface area contributed by atoms with E-state index in [1.807, 2.05) is 31.2 Å². The first-order chi connectivity index (χ1) is 10.2. The number of carbonyl (C=O) groups excluding carboxylic acids is 1. The summed E-state index contributed by atoms with van der Waals surface area (Å²) in [6, 6.07) is 7.48. The number of carbonyl (C=O) groups is 1. The molecular weight excluding hydrogens is 284 g/mol. The summed E-state index contributed by atoms with van der Waals surface area (Å²) in [7, 11) is 0. The Bertz CT molecular complexity index is 669. The van der Waals surface area contributed by atoms with E-state index in [1.54, 1.807) is 10.8 Å². The van der Waals surface area contributed by atoms with Crippen molar-refractivity contribution >= 4 is 17.5 Å². The van der Waals surface area contributed by atoms with E-state index in [1.165, 1.54) is 11.8 Å². The molecule has 2 rings (SSSR count). The summed E-state index contributed by atoms with van der Waals surface area (Å²) in [4.78, 5) is 16.3. The number of terminal acetylenes is 1. The molecule has 1 aromatic carbocycles. The number of Topliss-reactive ketones (excluding diaryl/α,β-unsaturated/α-hetero) is 1. The Kier molecular flexibility index (Phi) is 5.20. The molecule has 0 aliphatic rings. The number of imidazole rings is 1. The summed E-state index contributed by atoms with van der Waals surface area (Å²) in [5, 5.41) is 9.88. The lowest BCUT2D eigenvalue weighted by atomic mass is 10.1. The second-order valence-corrected chi connectivity index (χ2v) is 5.50. The fraction of sp³-hybridized carbons (Fsp3) is 0.250. The third-order valence-electron chi connectivity index (χ3n) is 3.02. The van der Waals surface area contributed by atoms with E-state index in [9.17, 15) is 9.90 Å². The fourth-order valence-electron chi connectivity index (χ4n) is 1.85. The number of nitrogens with zero attached hydrogens (tertiary/aromatic N) is 2.